The van der Waals surface area contributed by atoms with Gasteiger partial charge in [0.15, 0.2) is 0 Å². The zero-order valence-electron chi connectivity index (χ0n) is 23.0. The van der Waals surface area contributed by atoms with E-state index in [0.717, 1.165) is 0 Å². The maximum atomic E-state index is 2.50. The van der Waals surface area contributed by atoms with Gasteiger partial charge in [0.05, 0.1) is 0 Å². The van der Waals surface area contributed by atoms with Crippen LogP contribution in [-0.4, -0.2) is 13.1 Å². The highest BCUT2D eigenvalue weighted by molar-refractivity contribution is 5.71. The van der Waals surface area contributed by atoms with Crippen molar-refractivity contribution in [1.29, 1.82) is 0 Å². The molecule has 0 N–H and O–H groups in total. The summed E-state index contributed by atoms with van der Waals surface area (Å²) in [6, 6.07) is 24.6. The molecule has 0 unspecified atom stereocenters. The predicted molar refractivity (Wildman–Crippen MR) is 153 cm³/mol. The van der Waals surface area contributed by atoms with E-state index in [9.17, 15) is 0 Å². The van der Waals surface area contributed by atoms with Crippen LogP contribution in [-0.2, 0) is 0 Å². The first kappa shape index (κ1) is 27.7. The summed E-state index contributed by atoms with van der Waals surface area (Å²) in [5.74, 6) is 1.24. The molecule has 0 atom stereocenters. The standard InChI is InChI=1S/C20H25N.C10H14.C3H8/c1-15(2)17-9-10-20(16(3)13-17)18-7-6-8-19(14-18)21-11-4-5-12-21;1-8(2)10-6-4-9(3)5-7-10;1-3-2/h6-10,13-15H,4-5,11-12H2,1-3H3;4-8H,1-3H3;3H2,1-2H3. The molecule has 3 aromatic rings. The summed E-state index contributed by atoms with van der Waals surface area (Å²) in [6.45, 7) is 19.9. The molecule has 0 amide bonds. The number of nitrogens with zero attached hydrogens (tertiary/aromatic N) is 1. The van der Waals surface area contributed by atoms with Crippen molar-refractivity contribution < 1.29 is 0 Å². The van der Waals surface area contributed by atoms with Crippen molar-refractivity contribution in [3.63, 3.8) is 0 Å². The minimum atomic E-state index is 0.591. The van der Waals surface area contributed by atoms with Crippen LogP contribution in [0.2, 0.25) is 0 Å². The average Bonchev–Trinajstić information content (AvgIpc) is 3.35. The lowest BCUT2D eigenvalue weighted by atomic mass is 9.94. The van der Waals surface area contributed by atoms with Gasteiger partial charge in [0, 0.05) is 18.8 Å². The molecule has 1 saturated heterocycles. The molecule has 1 fully saturated rings. The second-order valence-corrected chi connectivity index (χ2v) is 10.2. The van der Waals surface area contributed by atoms with E-state index in [1.165, 1.54) is 71.4 Å². The first-order chi connectivity index (χ1) is 16.3. The fourth-order valence-electron chi connectivity index (χ4n) is 4.17. The van der Waals surface area contributed by atoms with Crippen LogP contribution in [0.15, 0.2) is 66.7 Å². The Kier molecular flexibility index (Phi) is 11.4. The van der Waals surface area contributed by atoms with Crippen LogP contribution in [0.4, 0.5) is 5.69 Å². The van der Waals surface area contributed by atoms with Crippen LogP contribution in [0.1, 0.15) is 94.9 Å². The van der Waals surface area contributed by atoms with Crippen LogP contribution in [0.3, 0.4) is 0 Å². The molecule has 1 aliphatic heterocycles. The van der Waals surface area contributed by atoms with Crippen molar-refractivity contribution in [2.75, 3.05) is 18.0 Å². The SMILES string of the molecule is CCC.Cc1cc(C(C)C)ccc1-c1cccc(N2CCCC2)c1.Cc1ccc(C(C)C)cc1. The molecule has 3 aromatic carbocycles. The summed E-state index contributed by atoms with van der Waals surface area (Å²) < 4.78 is 0. The quantitative estimate of drug-likeness (QED) is 0.377. The van der Waals surface area contributed by atoms with Gasteiger partial charge < -0.3 is 4.90 Å². The lowest BCUT2D eigenvalue weighted by Crippen LogP contribution is -2.17. The molecule has 0 aliphatic carbocycles. The molecule has 184 valence electrons. The second-order valence-electron chi connectivity index (χ2n) is 10.2. The Hall–Kier alpha value is -2.54. The van der Waals surface area contributed by atoms with Gasteiger partial charge in [-0.2, -0.15) is 0 Å². The summed E-state index contributed by atoms with van der Waals surface area (Å²) in [6.07, 6.45) is 3.90. The Morgan fingerprint density at radius 1 is 0.706 bits per heavy atom. The van der Waals surface area contributed by atoms with Crippen molar-refractivity contribution in [3.8, 4) is 11.1 Å². The summed E-state index contributed by atoms with van der Waals surface area (Å²) in [5, 5.41) is 0. The van der Waals surface area contributed by atoms with Gasteiger partial charge in [-0.3, -0.25) is 0 Å². The van der Waals surface area contributed by atoms with Crippen LogP contribution in [0.25, 0.3) is 11.1 Å². The zero-order valence-corrected chi connectivity index (χ0v) is 23.0. The Bertz CT molecular complexity index is 976. The van der Waals surface area contributed by atoms with E-state index >= 15 is 0 Å². The van der Waals surface area contributed by atoms with Gasteiger partial charge in [-0.05, 0) is 78.5 Å². The molecule has 1 nitrogen and oxygen atoms in total. The van der Waals surface area contributed by atoms with Crippen molar-refractivity contribution in [1.82, 2.24) is 0 Å². The maximum absolute atomic E-state index is 2.50. The third-order valence-electron chi connectivity index (χ3n) is 6.29. The molecule has 0 spiro atoms. The van der Waals surface area contributed by atoms with Crippen LogP contribution in [0.5, 0.6) is 0 Å². The van der Waals surface area contributed by atoms with E-state index in [0.29, 0.717) is 11.8 Å². The molecular weight excluding hydrogens is 410 g/mol. The van der Waals surface area contributed by atoms with Gasteiger partial charge in [0.2, 0.25) is 0 Å². The fourth-order valence-corrected chi connectivity index (χ4v) is 4.17. The highest BCUT2D eigenvalue weighted by Gasteiger charge is 2.13. The molecule has 0 bridgehead atoms. The third-order valence-corrected chi connectivity index (χ3v) is 6.29. The van der Waals surface area contributed by atoms with E-state index in [1.807, 2.05) is 0 Å². The minimum Gasteiger partial charge on any atom is -0.372 e. The van der Waals surface area contributed by atoms with Gasteiger partial charge >= 0.3 is 0 Å². The van der Waals surface area contributed by atoms with Gasteiger partial charge in [-0.15, -0.1) is 0 Å². The highest BCUT2D eigenvalue weighted by atomic mass is 15.1. The summed E-state index contributed by atoms with van der Waals surface area (Å²) in [7, 11) is 0. The maximum Gasteiger partial charge on any atom is 0.0372 e. The number of anilines is 1. The van der Waals surface area contributed by atoms with Crippen molar-refractivity contribution in [3.05, 3.63) is 89.0 Å². The fraction of sp³-hybridized carbons (Fsp3) is 0.455. The van der Waals surface area contributed by atoms with Crippen molar-refractivity contribution in [2.45, 2.75) is 86.5 Å². The Balaban J connectivity index is 0.000000263. The lowest BCUT2D eigenvalue weighted by molar-refractivity contribution is 0.865. The monoisotopic (exact) mass is 457 g/mol. The molecule has 0 aromatic heterocycles. The number of hydrogen-bond acceptors (Lipinski definition) is 1. The van der Waals surface area contributed by atoms with E-state index < -0.39 is 0 Å². The molecule has 0 radical (unpaired) electrons. The van der Waals surface area contributed by atoms with Gasteiger partial charge in [0.25, 0.3) is 0 Å². The van der Waals surface area contributed by atoms with E-state index in [4.69, 9.17) is 0 Å². The van der Waals surface area contributed by atoms with Gasteiger partial charge in [0.1, 0.15) is 0 Å². The van der Waals surface area contributed by atoms with Crippen molar-refractivity contribution in [2.24, 2.45) is 0 Å². The molecule has 1 heterocycles. The first-order valence-electron chi connectivity index (χ1n) is 13.3. The smallest absolute Gasteiger partial charge is 0.0372 e. The van der Waals surface area contributed by atoms with Gasteiger partial charge in [-0.25, -0.2) is 0 Å². The summed E-state index contributed by atoms with van der Waals surface area (Å²) >= 11 is 0. The summed E-state index contributed by atoms with van der Waals surface area (Å²) in [4.78, 5) is 2.50. The topological polar surface area (TPSA) is 3.24 Å². The zero-order chi connectivity index (χ0) is 25.1. The Morgan fingerprint density at radius 2 is 1.26 bits per heavy atom. The van der Waals surface area contributed by atoms with Crippen molar-refractivity contribution >= 4 is 5.69 Å². The molecule has 4 rings (SSSR count). The number of hydrogen-bond donors (Lipinski definition) is 0. The van der Waals surface area contributed by atoms with E-state index in [1.54, 1.807) is 0 Å². The predicted octanol–water partition coefficient (Wildman–Crippen LogP) is 9.92. The van der Waals surface area contributed by atoms with Gasteiger partial charge in [-0.1, -0.05) is 108 Å². The normalized spacial score (nSPS) is 12.8. The molecule has 34 heavy (non-hydrogen) atoms. The molecule has 0 saturated carbocycles. The average molecular weight is 458 g/mol. The molecular formula is C33H47N. The lowest BCUT2D eigenvalue weighted by Gasteiger charge is -2.19. The first-order valence-corrected chi connectivity index (χ1v) is 13.3. The Morgan fingerprint density at radius 3 is 1.79 bits per heavy atom. The van der Waals surface area contributed by atoms with E-state index in [2.05, 4.69) is 127 Å². The number of aryl methyl sites for hydroxylation is 2. The Labute approximate surface area is 210 Å². The third kappa shape index (κ3) is 8.35. The largest absolute Gasteiger partial charge is 0.372 e. The molecule has 1 aliphatic rings. The van der Waals surface area contributed by atoms with Crippen LogP contribution in [0, 0.1) is 13.8 Å². The minimum absolute atomic E-state index is 0.591. The van der Waals surface area contributed by atoms with E-state index in [-0.39, 0.29) is 0 Å². The molecule has 1 heteroatoms. The highest BCUT2D eigenvalue weighted by Crippen LogP contribution is 2.30. The number of benzene rings is 3. The second kappa shape index (κ2) is 14.0. The van der Waals surface area contributed by atoms with Crippen LogP contribution < -0.4 is 4.90 Å². The number of rotatable bonds is 4. The summed E-state index contributed by atoms with van der Waals surface area (Å²) in [5.41, 5.74) is 9.63. The van der Waals surface area contributed by atoms with Crippen LogP contribution >= 0.6 is 0 Å².